The fourth-order valence-electron chi connectivity index (χ4n) is 1.63. The smallest absolute Gasteiger partial charge is 0.448 e. The molecule has 1 aliphatic heterocycles. The molecule has 84 valence electrons. The van der Waals surface area contributed by atoms with Crippen LogP contribution < -0.4 is 51.4 Å². The molecule has 0 spiro atoms. The predicted octanol–water partition coefficient (Wildman–Crippen LogP) is -3.01. The van der Waals surface area contributed by atoms with Gasteiger partial charge in [0.1, 0.15) is 0 Å². The minimum atomic E-state index is -4.70. The fourth-order valence-corrected chi connectivity index (χ4v) is 1.63. The molecule has 15 heavy (non-hydrogen) atoms. The SMILES string of the molecule is OCCN1CCN(C[B-](F)(F)F)CC1.[K+]. The Morgan fingerprint density at radius 2 is 1.47 bits per heavy atom. The van der Waals surface area contributed by atoms with Crippen LogP contribution in [0, 0.1) is 0 Å². The summed E-state index contributed by atoms with van der Waals surface area (Å²) in [4.78, 5) is 3.40. The Labute approximate surface area is 130 Å². The van der Waals surface area contributed by atoms with Crippen molar-refractivity contribution in [3.63, 3.8) is 0 Å². The van der Waals surface area contributed by atoms with Crippen molar-refractivity contribution in [3.8, 4) is 0 Å². The molecule has 8 heteroatoms. The second kappa shape index (κ2) is 7.65. The van der Waals surface area contributed by atoms with Crippen LogP contribution in [0.15, 0.2) is 0 Å². The molecule has 1 aliphatic rings. The molecule has 0 aromatic heterocycles. The molecular weight excluding hydrogens is 235 g/mol. The van der Waals surface area contributed by atoms with E-state index in [0.717, 1.165) is 0 Å². The van der Waals surface area contributed by atoms with E-state index in [1.54, 1.807) is 0 Å². The van der Waals surface area contributed by atoms with E-state index in [1.807, 2.05) is 4.90 Å². The van der Waals surface area contributed by atoms with Gasteiger partial charge in [0.15, 0.2) is 0 Å². The number of hydrogen-bond donors (Lipinski definition) is 1. The van der Waals surface area contributed by atoms with E-state index in [2.05, 4.69) is 0 Å². The summed E-state index contributed by atoms with van der Waals surface area (Å²) in [5.41, 5.74) is 0. The summed E-state index contributed by atoms with van der Waals surface area (Å²) in [5, 5.41) is 8.64. The first-order valence-corrected chi connectivity index (χ1v) is 4.78. The molecule has 3 nitrogen and oxygen atoms in total. The van der Waals surface area contributed by atoms with Gasteiger partial charge >= 0.3 is 58.4 Å². The maximum atomic E-state index is 12.1. The Kier molecular flexibility index (Phi) is 8.35. The van der Waals surface area contributed by atoms with Gasteiger partial charge in [0.05, 0.1) is 6.61 Å². The average Bonchev–Trinajstić information content (AvgIpc) is 2.06. The molecule has 1 heterocycles. The van der Waals surface area contributed by atoms with Crippen LogP contribution in [-0.2, 0) is 0 Å². The van der Waals surface area contributed by atoms with Crippen molar-refractivity contribution in [2.24, 2.45) is 0 Å². The van der Waals surface area contributed by atoms with Gasteiger partial charge in [-0.1, -0.05) is 0 Å². The monoisotopic (exact) mass is 250 g/mol. The standard InChI is InChI=1S/C7H15BF3N2O.K/c9-8(10,11)7-13-3-1-12(2-4-13)5-6-14;/h14H,1-7H2;/q-1;+1. The Bertz CT molecular complexity index is 176. The first-order valence-electron chi connectivity index (χ1n) is 4.78. The summed E-state index contributed by atoms with van der Waals surface area (Å²) < 4.78 is 36.2. The second-order valence-corrected chi connectivity index (χ2v) is 3.58. The van der Waals surface area contributed by atoms with Crippen molar-refractivity contribution in [1.82, 2.24) is 9.80 Å². The number of aliphatic hydroxyl groups excluding tert-OH is 1. The van der Waals surface area contributed by atoms with E-state index in [1.165, 1.54) is 4.90 Å². The van der Waals surface area contributed by atoms with Crippen LogP contribution in [0.4, 0.5) is 12.9 Å². The Hall–Kier alpha value is 1.37. The van der Waals surface area contributed by atoms with Gasteiger partial charge in [-0.3, -0.25) is 4.90 Å². The van der Waals surface area contributed by atoms with E-state index >= 15 is 0 Å². The molecule has 1 rings (SSSR count). The largest absolute Gasteiger partial charge is 1.00 e. The maximum Gasteiger partial charge on any atom is 1.00 e. The van der Waals surface area contributed by atoms with Gasteiger partial charge in [-0.15, -0.1) is 0 Å². The van der Waals surface area contributed by atoms with Crippen LogP contribution in [-0.4, -0.2) is 67.7 Å². The summed E-state index contributed by atoms with van der Waals surface area (Å²) in [6, 6.07) is 0. The van der Waals surface area contributed by atoms with Crippen LogP contribution in [0.25, 0.3) is 0 Å². The second-order valence-electron chi connectivity index (χ2n) is 3.58. The molecule has 1 fully saturated rings. The number of halogens is 3. The third kappa shape index (κ3) is 7.32. The summed E-state index contributed by atoms with van der Waals surface area (Å²) in [6.07, 6.45) is -0.757. The Morgan fingerprint density at radius 3 is 1.87 bits per heavy atom. The summed E-state index contributed by atoms with van der Waals surface area (Å²) in [7, 11) is 0. The third-order valence-corrected chi connectivity index (χ3v) is 2.35. The van der Waals surface area contributed by atoms with Gasteiger partial charge < -0.3 is 23.0 Å². The van der Waals surface area contributed by atoms with Gasteiger partial charge in [-0.25, -0.2) is 0 Å². The normalized spacial score (nSPS) is 20.0. The summed E-state index contributed by atoms with van der Waals surface area (Å²) in [6.45, 7) is -1.94. The molecular formula is C7H15BF3KN2O. The van der Waals surface area contributed by atoms with Crippen molar-refractivity contribution >= 4 is 6.98 Å². The molecule has 0 aliphatic carbocycles. The molecule has 0 bridgehead atoms. The van der Waals surface area contributed by atoms with Gasteiger partial charge in [-0.2, -0.15) is 0 Å². The number of hydrogen-bond acceptors (Lipinski definition) is 3. The van der Waals surface area contributed by atoms with E-state index < -0.39 is 13.4 Å². The topological polar surface area (TPSA) is 26.7 Å². The van der Waals surface area contributed by atoms with E-state index in [-0.39, 0.29) is 58.0 Å². The molecule has 1 N–H and O–H groups in total. The van der Waals surface area contributed by atoms with Crippen molar-refractivity contribution < 1.29 is 69.4 Å². The number of piperazine rings is 1. The van der Waals surface area contributed by atoms with Gasteiger partial charge in [0, 0.05) is 32.7 Å². The molecule has 0 aromatic rings. The molecule has 0 unspecified atom stereocenters. The minimum absolute atomic E-state index is 0. The van der Waals surface area contributed by atoms with Crippen molar-refractivity contribution in [2.75, 3.05) is 45.8 Å². The van der Waals surface area contributed by atoms with Gasteiger partial charge in [0.25, 0.3) is 0 Å². The molecule has 0 aromatic carbocycles. The van der Waals surface area contributed by atoms with E-state index in [4.69, 9.17) is 5.11 Å². The molecule has 0 saturated carbocycles. The van der Waals surface area contributed by atoms with Crippen molar-refractivity contribution in [3.05, 3.63) is 0 Å². The van der Waals surface area contributed by atoms with Crippen LogP contribution in [0.1, 0.15) is 0 Å². The molecule has 0 atom stereocenters. The zero-order valence-corrected chi connectivity index (χ0v) is 12.1. The Morgan fingerprint density at radius 1 is 1.00 bits per heavy atom. The minimum Gasteiger partial charge on any atom is -0.448 e. The number of rotatable bonds is 4. The molecule has 0 amide bonds. The molecule has 1 saturated heterocycles. The van der Waals surface area contributed by atoms with Crippen LogP contribution in [0.2, 0.25) is 0 Å². The van der Waals surface area contributed by atoms with Crippen molar-refractivity contribution in [2.45, 2.75) is 0 Å². The van der Waals surface area contributed by atoms with Crippen LogP contribution in [0.5, 0.6) is 0 Å². The van der Waals surface area contributed by atoms with Crippen LogP contribution >= 0.6 is 0 Å². The number of β-amino-alcohol motifs (C(OH)–C–C–N with tert-alkyl or cyclic N) is 1. The average molecular weight is 250 g/mol. The van der Waals surface area contributed by atoms with E-state index in [0.29, 0.717) is 32.7 Å². The maximum absolute atomic E-state index is 12.1. The number of aliphatic hydroxyl groups is 1. The van der Waals surface area contributed by atoms with E-state index in [9.17, 15) is 12.9 Å². The van der Waals surface area contributed by atoms with Gasteiger partial charge in [-0.05, 0) is 6.44 Å². The van der Waals surface area contributed by atoms with Gasteiger partial charge in [0.2, 0.25) is 0 Å². The summed E-state index contributed by atoms with van der Waals surface area (Å²) in [5.74, 6) is 0. The zero-order valence-electron chi connectivity index (χ0n) is 9.00. The first kappa shape index (κ1) is 16.4. The predicted molar refractivity (Wildman–Crippen MR) is 49.0 cm³/mol. The quantitative estimate of drug-likeness (QED) is 0.538. The number of nitrogens with zero attached hydrogens (tertiary/aromatic N) is 2. The molecule has 0 radical (unpaired) electrons. The van der Waals surface area contributed by atoms with Crippen LogP contribution in [0.3, 0.4) is 0 Å². The Balaban J connectivity index is 0.00000196. The summed E-state index contributed by atoms with van der Waals surface area (Å²) >= 11 is 0. The first-order chi connectivity index (χ1) is 6.51. The zero-order chi connectivity index (χ0) is 10.6. The van der Waals surface area contributed by atoms with Crippen molar-refractivity contribution in [1.29, 1.82) is 0 Å². The third-order valence-electron chi connectivity index (χ3n) is 2.35. The fraction of sp³-hybridized carbons (Fsp3) is 1.00.